The van der Waals surface area contributed by atoms with Crippen molar-refractivity contribution < 1.29 is 4.79 Å². The van der Waals surface area contributed by atoms with E-state index in [9.17, 15) is 4.79 Å². The van der Waals surface area contributed by atoms with E-state index in [4.69, 9.17) is 5.73 Å². The monoisotopic (exact) mass is 290 g/mol. The minimum Gasteiger partial charge on any atom is -0.397 e. The predicted octanol–water partition coefficient (Wildman–Crippen LogP) is 2.77. The quantitative estimate of drug-likeness (QED) is 0.501. The van der Waals surface area contributed by atoms with Crippen LogP contribution in [-0.4, -0.2) is 15.9 Å². The van der Waals surface area contributed by atoms with E-state index in [1.807, 2.05) is 30.5 Å². The van der Waals surface area contributed by atoms with Crippen LogP contribution < -0.4 is 11.1 Å². The number of carbonyl (C=O) groups excluding carboxylic acids is 1. The summed E-state index contributed by atoms with van der Waals surface area (Å²) in [5, 5.41) is 3.71. The zero-order valence-electron chi connectivity index (χ0n) is 12.0. The number of rotatable bonds is 2. The van der Waals surface area contributed by atoms with Crippen molar-refractivity contribution in [3.63, 3.8) is 0 Å². The summed E-state index contributed by atoms with van der Waals surface area (Å²) in [4.78, 5) is 19.0. The van der Waals surface area contributed by atoms with Gasteiger partial charge in [-0.05, 0) is 42.7 Å². The van der Waals surface area contributed by atoms with E-state index in [2.05, 4.69) is 27.1 Å². The van der Waals surface area contributed by atoms with Crippen LogP contribution in [0.1, 0.15) is 6.92 Å². The maximum Gasteiger partial charge on any atom is 0.300 e. The van der Waals surface area contributed by atoms with Gasteiger partial charge in [0.05, 0.1) is 11.4 Å². The van der Waals surface area contributed by atoms with Crippen molar-refractivity contribution in [2.24, 2.45) is 0 Å². The number of nitrogens with one attached hydrogen (secondary N) is 2. The second-order valence-corrected chi connectivity index (χ2v) is 4.77. The molecule has 0 unspecified atom stereocenters. The molecule has 1 amide bonds. The lowest BCUT2D eigenvalue weighted by Gasteiger charge is -2.09. The molecule has 5 nitrogen and oxygen atoms in total. The summed E-state index contributed by atoms with van der Waals surface area (Å²) in [5.74, 6) is 4.60. The highest BCUT2D eigenvalue weighted by Crippen LogP contribution is 2.28. The molecule has 0 radical (unpaired) electrons. The molecular formula is C17H14N4O. The van der Waals surface area contributed by atoms with Gasteiger partial charge in [-0.3, -0.25) is 4.79 Å². The maximum atomic E-state index is 11.6. The number of nitrogens with zero attached hydrogens (tertiary/aromatic N) is 1. The smallest absolute Gasteiger partial charge is 0.300 e. The first kappa shape index (κ1) is 13.7. The van der Waals surface area contributed by atoms with Gasteiger partial charge in [0, 0.05) is 23.3 Å². The molecule has 0 bridgehead atoms. The summed E-state index contributed by atoms with van der Waals surface area (Å²) >= 11 is 0. The molecular weight excluding hydrogens is 276 g/mol. The van der Waals surface area contributed by atoms with Crippen molar-refractivity contribution in [1.82, 2.24) is 9.97 Å². The maximum absolute atomic E-state index is 11.6. The van der Waals surface area contributed by atoms with E-state index >= 15 is 0 Å². The number of amides is 1. The fraction of sp³-hybridized carbons (Fsp3) is 0.0588. The minimum atomic E-state index is -0.384. The van der Waals surface area contributed by atoms with Gasteiger partial charge in [-0.15, -0.1) is 0 Å². The van der Waals surface area contributed by atoms with Gasteiger partial charge >= 0.3 is 0 Å². The number of aromatic nitrogens is 2. The minimum absolute atomic E-state index is 0.384. The molecule has 0 saturated heterocycles. The molecule has 0 aliphatic rings. The van der Waals surface area contributed by atoms with Crippen LogP contribution >= 0.6 is 0 Å². The van der Waals surface area contributed by atoms with Crippen LogP contribution in [0.5, 0.6) is 0 Å². The van der Waals surface area contributed by atoms with Crippen molar-refractivity contribution in [1.29, 1.82) is 0 Å². The Morgan fingerprint density at radius 2 is 2.14 bits per heavy atom. The van der Waals surface area contributed by atoms with Crippen LogP contribution in [0.2, 0.25) is 0 Å². The van der Waals surface area contributed by atoms with Crippen LogP contribution in [-0.2, 0) is 4.79 Å². The van der Waals surface area contributed by atoms with Crippen LogP contribution in [0.15, 0.2) is 42.7 Å². The van der Waals surface area contributed by atoms with Crippen LogP contribution in [0.25, 0.3) is 22.2 Å². The Morgan fingerprint density at radius 3 is 2.95 bits per heavy atom. The first-order valence-corrected chi connectivity index (χ1v) is 6.74. The summed E-state index contributed by atoms with van der Waals surface area (Å²) in [6.45, 7) is 1.61. The topological polar surface area (TPSA) is 83.8 Å². The number of H-pyrrole nitrogens is 1. The van der Waals surface area contributed by atoms with Gasteiger partial charge in [0.25, 0.3) is 5.91 Å². The standard InChI is InChI=1S/C17H14N4O/c1-2-3-16(22)21-15-9-11(4-5-14(15)18)13-8-12-6-7-19-17(12)20-10-13/h4-10H,18H2,1H3,(H,19,20)(H,21,22). The molecule has 2 aromatic heterocycles. The predicted molar refractivity (Wildman–Crippen MR) is 88.0 cm³/mol. The largest absolute Gasteiger partial charge is 0.397 e. The lowest BCUT2D eigenvalue weighted by atomic mass is 10.1. The fourth-order valence-electron chi connectivity index (χ4n) is 2.21. The fourth-order valence-corrected chi connectivity index (χ4v) is 2.21. The van der Waals surface area contributed by atoms with E-state index in [-0.39, 0.29) is 5.91 Å². The van der Waals surface area contributed by atoms with E-state index in [0.717, 1.165) is 22.2 Å². The first-order valence-electron chi connectivity index (χ1n) is 6.74. The van der Waals surface area contributed by atoms with Gasteiger partial charge in [0.15, 0.2) is 0 Å². The van der Waals surface area contributed by atoms with Gasteiger partial charge in [-0.25, -0.2) is 4.98 Å². The number of carbonyl (C=O) groups is 1. The first-order chi connectivity index (χ1) is 10.7. The van der Waals surface area contributed by atoms with Crippen molar-refractivity contribution in [2.75, 3.05) is 11.1 Å². The van der Waals surface area contributed by atoms with Gasteiger partial charge < -0.3 is 16.0 Å². The van der Waals surface area contributed by atoms with E-state index in [1.54, 1.807) is 19.2 Å². The molecule has 0 atom stereocenters. The molecule has 0 aliphatic heterocycles. The highest BCUT2D eigenvalue weighted by Gasteiger charge is 2.07. The highest BCUT2D eigenvalue weighted by molar-refractivity contribution is 6.05. The third-order valence-electron chi connectivity index (χ3n) is 3.27. The molecule has 108 valence electrons. The van der Waals surface area contributed by atoms with Crippen molar-refractivity contribution in [3.05, 3.63) is 42.7 Å². The number of hydrogen-bond acceptors (Lipinski definition) is 3. The van der Waals surface area contributed by atoms with Crippen molar-refractivity contribution in [2.45, 2.75) is 6.92 Å². The molecule has 22 heavy (non-hydrogen) atoms. The number of nitrogens with two attached hydrogens (primary N) is 1. The summed E-state index contributed by atoms with van der Waals surface area (Å²) in [7, 11) is 0. The zero-order chi connectivity index (χ0) is 15.5. The molecule has 0 aliphatic carbocycles. The Kier molecular flexibility index (Phi) is 3.50. The second-order valence-electron chi connectivity index (χ2n) is 4.77. The molecule has 5 heteroatoms. The Hall–Kier alpha value is -3.26. The number of hydrogen-bond donors (Lipinski definition) is 3. The molecule has 2 heterocycles. The van der Waals surface area contributed by atoms with E-state index in [0.29, 0.717) is 11.4 Å². The lowest BCUT2D eigenvalue weighted by molar-refractivity contribution is -0.111. The molecule has 1 aromatic carbocycles. The van der Waals surface area contributed by atoms with Crippen LogP contribution in [0.3, 0.4) is 0 Å². The Morgan fingerprint density at radius 1 is 1.27 bits per heavy atom. The SMILES string of the molecule is CC#CC(=O)Nc1cc(-c2cnc3[nH]ccc3c2)ccc1N. The lowest BCUT2D eigenvalue weighted by Crippen LogP contribution is -2.10. The average Bonchev–Trinajstić information content (AvgIpc) is 2.97. The van der Waals surface area contributed by atoms with Gasteiger partial charge in [0.1, 0.15) is 5.65 Å². The van der Waals surface area contributed by atoms with Crippen LogP contribution in [0, 0.1) is 11.8 Å². The van der Waals surface area contributed by atoms with E-state index in [1.165, 1.54) is 0 Å². The van der Waals surface area contributed by atoms with E-state index < -0.39 is 0 Å². The number of aromatic amines is 1. The molecule has 0 fully saturated rings. The number of benzene rings is 1. The Labute approximate surface area is 127 Å². The zero-order valence-corrected chi connectivity index (χ0v) is 12.0. The normalized spacial score (nSPS) is 10.0. The number of anilines is 2. The van der Waals surface area contributed by atoms with Gasteiger partial charge in [0.2, 0.25) is 0 Å². The Bertz CT molecular complexity index is 915. The third-order valence-corrected chi connectivity index (χ3v) is 3.27. The number of pyridine rings is 1. The highest BCUT2D eigenvalue weighted by atomic mass is 16.1. The molecule has 0 saturated carbocycles. The molecule has 0 spiro atoms. The third kappa shape index (κ3) is 2.63. The molecule has 4 N–H and O–H groups in total. The molecule has 3 rings (SSSR count). The average molecular weight is 290 g/mol. The van der Waals surface area contributed by atoms with Crippen LogP contribution in [0.4, 0.5) is 11.4 Å². The van der Waals surface area contributed by atoms with Gasteiger partial charge in [-0.2, -0.15) is 0 Å². The van der Waals surface area contributed by atoms with Crippen molar-refractivity contribution >= 4 is 28.3 Å². The Balaban J connectivity index is 1.99. The van der Waals surface area contributed by atoms with Crippen molar-refractivity contribution in [3.8, 4) is 23.0 Å². The molecule has 3 aromatic rings. The number of fused-ring (bicyclic) bond motifs is 1. The summed E-state index contributed by atoms with van der Waals surface area (Å²) in [5.41, 5.74) is 9.64. The summed E-state index contributed by atoms with van der Waals surface area (Å²) < 4.78 is 0. The van der Waals surface area contributed by atoms with Gasteiger partial charge in [-0.1, -0.05) is 12.0 Å². The summed E-state index contributed by atoms with van der Waals surface area (Å²) in [6, 6.07) is 9.46. The summed E-state index contributed by atoms with van der Waals surface area (Å²) in [6.07, 6.45) is 3.63. The second kappa shape index (κ2) is 5.62. The number of nitrogen functional groups attached to an aromatic ring is 1.